The Hall–Kier alpha value is -0.510. The summed E-state index contributed by atoms with van der Waals surface area (Å²) >= 11 is 6.17. The number of fused-ring (bicyclic) bond motifs is 1. The van der Waals surface area contributed by atoms with Gasteiger partial charge in [-0.1, -0.05) is 11.6 Å². The Kier molecular flexibility index (Phi) is 2.79. The number of rotatable bonds is 2. The Morgan fingerprint density at radius 3 is 3.07 bits per heavy atom. The standard InChI is InChI=1S/C11H17ClN2O/c1-14-7-9-8(10(14)12)3-2-4-11(9,15)5-6-13/h7,15H,2-6,13H2,1H3. The summed E-state index contributed by atoms with van der Waals surface area (Å²) in [6.45, 7) is 0.502. The third-order valence-electron chi connectivity index (χ3n) is 3.28. The molecule has 1 aliphatic carbocycles. The number of aliphatic hydroxyl groups is 1. The maximum Gasteiger partial charge on any atom is 0.112 e. The average molecular weight is 229 g/mol. The second kappa shape index (κ2) is 3.81. The molecule has 1 aliphatic rings. The maximum atomic E-state index is 10.5. The minimum atomic E-state index is -0.757. The first-order valence-corrected chi connectivity index (χ1v) is 5.73. The van der Waals surface area contributed by atoms with Crippen LogP contribution in [0.25, 0.3) is 0 Å². The molecule has 1 unspecified atom stereocenters. The van der Waals surface area contributed by atoms with Crippen LogP contribution >= 0.6 is 11.6 Å². The summed E-state index contributed by atoms with van der Waals surface area (Å²) in [5.74, 6) is 0. The fourth-order valence-electron chi connectivity index (χ4n) is 2.48. The molecule has 0 aliphatic heterocycles. The number of hydrogen-bond acceptors (Lipinski definition) is 2. The molecule has 2 rings (SSSR count). The van der Waals surface area contributed by atoms with Gasteiger partial charge in [-0.05, 0) is 37.8 Å². The first kappa shape index (κ1) is 11.0. The first-order valence-electron chi connectivity index (χ1n) is 5.35. The molecule has 1 aromatic heterocycles. The predicted octanol–water partition coefficient (Wildman–Crippen LogP) is 1.55. The molecule has 0 aromatic carbocycles. The van der Waals surface area contributed by atoms with Crippen molar-refractivity contribution in [3.8, 4) is 0 Å². The molecule has 15 heavy (non-hydrogen) atoms. The van der Waals surface area contributed by atoms with Crippen molar-refractivity contribution in [2.75, 3.05) is 6.54 Å². The molecular formula is C11H17ClN2O. The van der Waals surface area contributed by atoms with Gasteiger partial charge in [0.05, 0.1) is 5.60 Å². The van der Waals surface area contributed by atoms with Crippen LogP contribution in [0, 0.1) is 0 Å². The summed E-state index contributed by atoms with van der Waals surface area (Å²) in [7, 11) is 1.91. The van der Waals surface area contributed by atoms with Crippen molar-refractivity contribution in [2.45, 2.75) is 31.3 Å². The summed E-state index contributed by atoms with van der Waals surface area (Å²) in [4.78, 5) is 0. The molecule has 3 N–H and O–H groups in total. The highest BCUT2D eigenvalue weighted by Gasteiger charge is 2.36. The summed E-state index contributed by atoms with van der Waals surface area (Å²) in [5, 5.41) is 11.3. The Morgan fingerprint density at radius 2 is 2.40 bits per heavy atom. The zero-order chi connectivity index (χ0) is 11.1. The second-order valence-corrected chi connectivity index (χ2v) is 4.70. The number of halogens is 1. The lowest BCUT2D eigenvalue weighted by molar-refractivity contribution is 0.0128. The van der Waals surface area contributed by atoms with Crippen molar-refractivity contribution in [1.29, 1.82) is 0 Å². The molecule has 0 bridgehead atoms. The van der Waals surface area contributed by atoms with Gasteiger partial charge in [0.1, 0.15) is 5.15 Å². The molecule has 3 nitrogen and oxygen atoms in total. The minimum absolute atomic E-state index is 0.502. The van der Waals surface area contributed by atoms with E-state index in [1.807, 2.05) is 17.8 Å². The highest BCUT2D eigenvalue weighted by atomic mass is 35.5. The predicted molar refractivity (Wildman–Crippen MR) is 60.9 cm³/mol. The molecule has 1 atom stereocenters. The van der Waals surface area contributed by atoms with E-state index >= 15 is 0 Å². The monoisotopic (exact) mass is 228 g/mol. The van der Waals surface area contributed by atoms with E-state index < -0.39 is 5.60 Å². The lowest BCUT2D eigenvalue weighted by Crippen LogP contribution is -2.32. The first-order chi connectivity index (χ1) is 7.08. The van der Waals surface area contributed by atoms with Gasteiger partial charge in [-0.3, -0.25) is 0 Å². The fourth-order valence-corrected chi connectivity index (χ4v) is 2.73. The molecule has 0 fully saturated rings. The van der Waals surface area contributed by atoms with Crippen LogP contribution in [-0.4, -0.2) is 16.2 Å². The highest BCUT2D eigenvalue weighted by Crippen LogP contribution is 2.41. The maximum absolute atomic E-state index is 10.5. The Balaban J connectivity index is 2.46. The number of aromatic nitrogens is 1. The van der Waals surface area contributed by atoms with Crippen molar-refractivity contribution in [3.05, 3.63) is 22.5 Å². The lowest BCUT2D eigenvalue weighted by Gasteiger charge is -2.32. The van der Waals surface area contributed by atoms with Crippen molar-refractivity contribution < 1.29 is 5.11 Å². The van der Waals surface area contributed by atoms with Gasteiger partial charge < -0.3 is 15.4 Å². The van der Waals surface area contributed by atoms with Crippen LogP contribution in [0.4, 0.5) is 0 Å². The van der Waals surface area contributed by atoms with E-state index in [2.05, 4.69) is 0 Å². The fraction of sp³-hybridized carbons (Fsp3) is 0.636. The molecule has 0 amide bonds. The molecule has 0 radical (unpaired) electrons. The number of nitrogens with zero attached hydrogens (tertiary/aromatic N) is 1. The zero-order valence-corrected chi connectivity index (χ0v) is 9.72. The largest absolute Gasteiger partial charge is 0.385 e. The summed E-state index contributed by atoms with van der Waals surface area (Å²) in [6.07, 6.45) is 5.28. The van der Waals surface area contributed by atoms with Crippen LogP contribution in [0.2, 0.25) is 5.15 Å². The van der Waals surface area contributed by atoms with Crippen LogP contribution < -0.4 is 5.73 Å². The third-order valence-corrected chi connectivity index (χ3v) is 3.78. The molecule has 1 aromatic rings. The smallest absolute Gasteiger partial charge is 0.112 e. The molecule has 4 heteroatoms. The lowest BCUT2D eigenvalue weighted by atomic mass is 9.79. The van der Waals surface area contributed by atoms with Gasteiger partial charge in [0.15, 0.2) is 0 Å². The Labute approximate surface area is 94.8 Å². The molecule has 0 spiro atoms. The molecule has 84 valence electrons. The van der Waals surface area contributed by atoms with Gasteiger partial charge in [0, 0.05) is 18.8 Å². The van der Waals surface area contributed by atoms with Gasteiger partial charge in [0.25, 0.3) is 0 Å². The molecule has 0 saturated heterocycles. The Morgan fingerprint density at radius 1 is 1.67 bits per heavy atom. The highest BCUT2D eigenvalue weighted by molar-refractivity contribution is 6.30. The molecule has 0 saturated carbocycles. The van der Waals surface area contributed by atoms with E-state index in [1.54, 1.807) is 0 Å². The second-order valence-electron chi connectivity index (χ2n) is 4.35. The van der Waals surface area contributed by atoms with Crippen molar-refractivity contribution in [2.24, 2.45) is 12.8 Å². The van der Waals surface area contributed by atoms with E-state index in [0.717, 1.165) is 35.5 Å². The zero-order valence-electron chi connectivity index (χ0n) is 8.96. The third kappa shape index (κ3) is 1.69. The van der Waals surface area contributed by atoms with E-state index in [1.165, 1.54) is 0 Å². The van der Waals surface area contributed by atoms with E-state index in [4.69, 9.17) is 17.3 Å². The van der Waals surface area contributed by atoms with Crippen LogP contribution in [0.15, 0.2) is 6.20 Å². The molecular weight excluding hydrogens is 212 g/mol. The van der Waals surface area contributed by atoms with Crippen molar-refractivity contribution in [3.63, 3.8) is 0 Å². The van der Waals surface area contributed by atoms with Crippen LogP contribution in [0.1, 0.15) is 30.4 Å². The van der Waals surface area contributed by atoms with Crippen molar-refractivity contribution >= 4 is 11.6 Å². The number of hydrogen-bond donors (Lipinski definition) is 2. The van der Waals surface area contributed by atoms with E-state index in [9.17, 15) is 5.11 Å². The summed E-state index contributed by atoms with van der Waals surface area (Å²) in [6, 6.07) is 0. The van der Waals surface area contributed by atoms with Gasteiger partial charge in [-0.25, -0.2) is 0 Å². The van der Waals surface area contributed by atoms with Gasteiger partial charge in [-0.2, -0.15) is 0 Å². The van der Waals surface area contributed by atoms with Gasteiger partial charge in [0.2, 0.25) is 0 Å². The SMILES string of the molecule is Cn1cc2c(c1Cl)CCCC2(O)CCN. The van der Waals surface area contributed by atoms with E-state index in [-0.39, 0.29) is 0 Å². The van der Waals surface area contributed by atoms with E-state index in [0.29, 0.717) is 13.0 Å². The topological polar surface area (TPSA) is 51.2 Å². The van der Waals surface area contributed by atoms with Crippen LogP contribution in [-0.2, 0) is 19.1 Å². The van der Waals surface area contributed by atoms with Crippen LogP contribution in [0.3, 0.4) is 0 Å². The quantitative estimate of drug-likeness (QED) is 0.807. The summed E-state index contributed by atoms with van der Waals surface area (Å²) in [5.41, 5.74) is 6.87. The molecule has 1 heterocycles. The normalized spacial score (nSPS) is 25.3. The average Bonchev–Trinajstić information content (AvgIpc) is 2.47. The minimum Gasteiger partial charge on any atom is -0.385 e. The number of aryl methyl sites for hydroxylation is 1. The van der Waals surface area contributed by atoms with Gasteiger partial charge in [-0.15, -0.1) is 0 Å². The van der Waals surface area contributed by atoms with Crippen LogP contribution in [0.5, 0.6) is 0 Å². The van der Waals surface area contributed by atoms with Crippen molar-refractivity contribution in [1.82, 2.24) is 4.57 Å². The number of nitrogens with two attached hydrogens (primary N) is 1. The van der Waals surface area contributed by atoms with Gasteiger partial charge >= 0.3 is 0 Å². The Bertz CT molecular complexity index is 375. The summed E-state index contributed by atoms with van der Waals surface area (Å²) < 4.78 is 1.87.